The zero-order chi connectivity index (χ0) is 19.1. The van der Waals surface area contributed by atoms with Crippen molar-refractivity contribution in [3.05, 3.63) is 46.6 Å². The number of ether oxygens (including phenoxy) is 2. The number of benzene rings is 2. The number of aliphatic hydroxyl groups excluding tert-OH is 4. The summed E-state index contributed by atoms with van der Waals surface area (Å²) in [5.41, 5.74) is 1.20. The first-order valence-electron chi connectivity index (χ1n) is 8.28. The van der Waals surface area contributed by atoms with Crippen LogP contribution in [-0.2, 0) is 4.74 Å². The van der Waals surface area contributed by atoms with Crippen molar-refractivity contribution in [2.45, 2.75) is 30.7 Å². The highest BCUT2D eigenvalue weighted by atomic mass is 16.7. The summed E-state index contributed by atoms with van der Waals surface area (Å²) in [7, 11) is 0. The highest BCUT2D eigenvalue weighted by molar-refractivity contribution is 5.77. The molecule has 4 N–H and O–H groups in total. The van der Waals surface area contributed by atoms with Gasteiger partial charge in [-0.2, -0.15) is 0 Å². The Labute approximate surface area is 152 Å². The highest BCUT2D eigenvalue weighted by Crippen LogP contribution is 2.29. The summed E-state index contributed by atoms with van der Waals surface area (Å²) < 4.78 is 16.6. The van der Waals surface area contributed by atoms with Gasteiger partial charge < -0.3 is 34.3 Å². The van der Waals surface area contributed by atoms with E-state index in [0.717, 1.165) is 0 Å². The van der Waals surface area contributed by atoms with Crippen LogP contribution in [0, 0.1) is 0 Å². The summed E-state index contributed by atoms with van der Waals surface area (Å²) in [5, 5.41) is 38.9. The molecule has 0 radical (unpaired) electrons. The molecule has 27 heavy (non-hydrogen) atoms. The maximum atomic E-state index is 11.5. The molecule has 0 bridgehead atoms. The molecule has 4 rings (SSSR count). The van der Waals surface area contributed by atoms with E-state index < -0.39 is 37.3 Å². The first kappa shape index (κ1) is 17.8. The summed E-state index contributed by atoms with van der Waals surface area (Å²) in [6, 6.07) is 8.99. The molecule has 9 nitrogen and oxygen atoms in total. The molecule has 2 heterocycles. The largest absolute Gasteiger partial charge is 0.462 e. The minimum absolute atomic E-state index is 0.207. The Hall–Kier alpha value is -2.56. The maximum Gasteiger partial charge on any atom is 0.229 e. The molecule has 1 fully saturated rings. The monoisotopic (exact) mass is 375 g/mol. The molecule has 9 heteroatoms. The molecule has 0 spiro atoms. The number of rotatable bonds is 3. The van der Waals surface area contributed by atoms with Crippen LogP contribution in [0.15, 0.2) is 45.6 Å². The molecule has 0 aromatic heterocycles. The fraction of sp³-hybridized carbons (Fsp3) is 0.333. The predicted molar refractivity (Wildman–Crippen MR) is 91.3 cm³/mol. The standard InChI is InChI=1S/C18H17NO8/c20-7-14-15(22)16(23)17(24)18(27-14)25-9-2-4-11-13(6-9)26-12-5-8(21)1-3-10(12)19-11/h1-6,14-18,20,22-24H,7H2/t14-,15+,16+,17-,18?/m1/s1. The van der Waals surface area contributed by atoms with Gasteiger partial charge in [-0.3, -0.25) is 4.79 Å². The SMILES string of the molecule is O=c1ccc2nc3ccc(OC4O[C@H](CO)[C@H](O)[C@H](O)[C@H]4O)cc3oc-2c1. The van der Waals surface area contributed by atoms with Gasteiger partial charge >= 0.3 is 0 Å². The highest BCUT2D eigenvalue weighted by Gasteiger charge is 2.44. The lowest BCUT2D eigenvalue weighted by Gasteiger charge is -2.39. The van der Waals surface area contributed by atoms with Crippen LogP contribution >= 0.6 is 0 Å². The van der Waals surface area contributed by atoms with Gasteiger partial charge in [0.2, 0.25) is 6.29 Å². The van der Waals surface area contributed by atoms with Crippen molar-refractivity contribution in [2.24, 2.45) is 0 Å². The number of hydrogen-bond donors (Lipinski definition) is 4. The first-order valence-corrected chi connectivity index (χ1v) is 8.28. The number of fused-ring (bicyclic) bond motifs is 2. The molecule has 1 aliphatic carbocycles. The zero-order valence-corrected chi connectivity index (χ0v) is 13.9. The Kier molecular flexibility index (Phi) is 4.54. The lowest BCUT2D eigenvalue weighted by atomic mass is 9.99. The number of hydrogen-bond acceptors (Lipinski definition) is 9. The molecule has 0 amide bonds. The Bertz CT molecular complexity index is 987. The molecule has 1 saturated heterocycles. The average Bonchev–Trinajstić information content (AvgIpc) is 2.66. The number of aliphatic hydroxyl groups is 4. The Morgan fingerprint density at radius 3 is 2.63 bits per heavy atom. The van der Waals surface area contributed by atoms with Crippen LogP contribution in [0.1, 0.15) is 0 Å². The van der Waals surface area contributed by atoms with E-state index in [1.165, 1.54) is 18.2 Å². The Morgan fingerprint density at radius 1 is 1.04 bits per heavy atom. The van der Waals surface area contributed by atoms with Crippen LogP contribution in [0.4, 0.5) is 0 Å². The third-order valence-corrected chi connectivity index (χ3v) is 4.42. The van der Waals surface area contributed by atoms with Crippen molar-refractivity contribution in [3.8, 4) is 17.2 Å². The average molecular weight is 375 g/mol. The van der Waals surface area contributed by atoms with Gasteiger partial charge in [-0.1, -0.05) is 0 Å². The summed E-state index contributed by atoms with van der Waals surface area (Å²) in [4.78, 5) is 15.9. The fourth-order valence-electron chi connectivity index (χ4n) is 2.96. The van der Waals surface area contributed by atoms with Crippen LogP contribution in [0.3, 0.4) is 0 Å². The first-order chi connectivity index (χ1) is 13.0. The number of aromatic nitrogens is 1. The molecule has 0 saturated carbocycles. The van der Waals surface area contributed by atoms with Crippen molar-refractivity contribution in [3.63, 3.8) is 0 Å². The summed E-state index contributed by atoms with van der Waals surface area (Å²) in [5.74, 6) is 0.565. The Balaban J connectivity index is 1.65. The number of nitrogens with zero attached hydrogens (tertiary/aromatic N) is 1. The van der Waals surface area contributed by atoms with Gasteiger partial charge in [0.15, 0.2) is 16.8 Å². The summed E-state index contributed by atoms with van der Waals surface area (Å²) in [6.45, 7) is -0.550. The van der Waals surface area contributed by atoms with E-state index in [-0.39, 0.29) is 11.2 Å². The topological polar surface area (TPSA) is 142 Å². The molecule has 1 aromatic carbocycles. The van der Waals surface area contributed by atoms with E-state index in [0.29, 0.717) is 22.6 Å². The maximum absolute atomic E-state index is 11.5. The second-order valence-corrected chi connectivity index (χ2v) is 6.29. The normalized spacial score (nSPS) is 28.5. The van der Waals surface area contributed by atoms with Gasteiger partial charge in [-0.15, -0.1) is 0 Å². The van der Waals surface area contributed by atoms with Crippen LogP contribution in [0.5, 0.6) is 5.75 Å². The smallest absolute Gasteiger partial charge is 0.229 e. The lowest BCUT2D eigenvalue weighted by molar-refractivity contribution is -0.277. The van der Waals surface area contributed by atoms with Crippen molar-refractivity contribution < 1.29 is 34.3 Å². The molecular formula is C18H17NO8. The van der Waals surface area contributed by atoms with E-state index >= 15 is 0 Å². The molecule has 5 atom stereocenters. The zero-order valence-electron chi connectivity index (χ0n) is 13.9. The van der Waals surface area contributed by atoms with Crippen molar-refractivity contribution >= 4 is 11.1 Å². The van der Waals surface area contributed by atoms with E-state index in [1.807, 2.05) is 0 Å². The molecule has 1 aromatic rings. The summed E-state index contributed by atoms with van der Waals surface area (Å²) in [6.07, 6.45) is -6.90. The van der Waals surface area contributed by atoms with E-state index in [2.05, 4.69) is 4.98 Å². The van der Waals surface area contributed by atoms with Gasteiger partial charge in [-0.25, -0.2) is 4.98 Å². The van der Waals surface area contributed by atoms with Crippen LogP contribution < -0.4 is 10.2 Å². The Morgan fingerprint density at radius 2 is 1.85 bits per heavy atom. The molecule has 142 valence electrons. The van der Waals surface area contributed by atoms with Crippen LogP contribution in [0.2, 0.25) is 0 Å². The van der Waals surface area contributed by atoms with E-state index in [4.69, 9.17) is 13.9 Å². The molecule has 2 aliphatic heterocycles. The van der Waals surface area contributed by atoms with Gasteiger partial charge in [0.25, 0.3) is 0 Å². The van der Waals surface area contributed by atoms with Crippen molar-refractivity contribution in [2.75, 3.05) is 6.61 Å². The van der Waals surface area contributed by atoms with E-state index in [1.54, 1.807) is 18.2 Å². The van der Waals surface area contributed by atoms with Gasteiger partial charge in [0.1, 0.15) is 41.4 Å². The van der Waals surface area contributed by atoms with Crippen LogP contribution in [-0.4, -0.2) is 62.7 Å². The summed E-state index contributed by atoms with van der Waals surface area (Å²) >= 11 is 0. The van der Waals surface area contributed by atoms with Gasteiger partial charge in [0.05, 0.1) is 6.61 Å². The quantitative estimate of drug-likeness (QED) is 0.444. The minimum Gasteiger partial charge on any atom is -0.462 e. The van der Waals surface area contributed by atoms with Gasteiger partial charge in [-0.05, 0) is 24.3 Å². The van der Waals surface area contributed by atoms with Crippen LogP contribution in [0.25, 0.3) is 22.6 Å². The third-order valence-electron chi connectivity index (χ3n) is 4.42. The molecule has 3 aliphatic rings. The molecule has 1 unspecified atom stereocenters. The second kappa shape index (κ2) is 6.87. The van der Waals surface area contributed by atoms with Gasteiger partial charge in [0, 0.05) is 12.1 Å². The lowest BCUT2D eigenvalue weighted by Crippen LogP contribution is -2.60. The minimum atomic E-state index is -1.54. The van der Waals surface area contributed by atoms with Crippen molar-refractivity contribution in [1.82, 2.24) is 4.98 Å². The third kappa shape index (κ3) is 3.27. The second-order valence-electron chi connectivity index (χ2n) is 6.29. The molecular weight excluding hydrogens is 358 g/mol. The van der Waals surface area contributed by atoms with E-state index in [9.17, 15) is 25.2 Å². The fourth-order valence-corrected chi connectivity index (χ4v) is 2.96. The van der Waals surface area contributed by atoms with Crippen molar-refractivity contribution in [1.29, 1.82) is 0 Å². The predicted octanol–water partition coefficient (Wildman–Crippen LogP) is -0.529.